The molecule has 6 heteroatoms. The van der Waals surface area contributed by atoms with E-state index in [9.17, 15) is 9.59 Å². The standard InChI is InChI=1S/C15H22N4O2/c1-3-4-13-12(8-17-10-18-13)15(21)19-6-5-11(9-19)7-14(20)16-2/h8,10-11H,3-7,9H2,1-2H3,(H,16,20)/t11-/m1/s1. The average Bonchev–Trinajstić information content (AvgIpc) is 2.96. The van der Waals surface area contributed by atoms with Crippen LogP contribution in [0.25, 0.3) is 0 Å². The zero-order valence-electron chi connectivity index (χ0n) is 12.6. The second-order valence-electron chi connectivity index (χ2n) is 5.42. The zero-order chi connectivity index (χ0) is 15.2. The van der Waals surface area contributed by atoms with E-state index < -0.39 is 0 Å². The molecule has 21 heavy (non-hydrogen) atoms. The summed E-state index contributed by atoms with van der Waals surface area (Å²) in [6.45, 7) is 3.39. The van der Waals surface area contributed by atoms with Crippen molar-refractivity contribution in [1.29, 1.82) is 0 Å². The summed E-state index contributed by atoms with van der Waals surface area (Å²) in [7, 11) is 1.64. The van der Waals surface area contributed by atoms with Gasteiger partial charge in [0.15, 0.2) is 0 Å². The van der Waals surface area contributed by atoms with E-state index in [2.05, 4.69) is 22.2 Å². The van der Waals surface area contributed by atoms with Crippen molar-refractivity contribution in [2.24, 2.45) is 5.92 Å². The van der Waals surface area contributed by atoms with Crippen LogP contribution in [-0.2, 0) is 11.2 Å². The largest absolute Gasteiger partial charge is 0.359 e. The van der Waals surface area contributed by atoms with Crippen molar-refractivity contribution in [3.63, 3.8) is 0 Å². The Kier molecular flexibility index (Phi) is 5.25. The lowest BCUT2D eigenvalue weighted by Crippen LogP contribution is -2.30. The minimum atomic E-state index is -0.0153. The number of aryl methyl sites for hydroxylation is 1. The van der Waals surface area contributed by atoms with E-state index >= 15 is 0 Å². The third-order valence-electron chi connectivity index (χ3n) is 3.84. The first-order chi connectivity index (χ1) is 10.2. The normalized spacial score (nSPS) is 17.8. The van der Waals surface area contributed by atoms with Gasteiger partial charge < -0.3 is 10.2 Å². The second kappa shape index (κ2) is 7.15. The summed E-state index contributed by atoms with van der Waals surface area (Å²) in [6, 6.07) is 0. The molecule has 0 bridgehead atoms. The van der Waals surface area contributed by atoms with Crippen molar-refractivity contribution in [3.8, 4) is 0 Å². The first kappa shape index (κ1) is 15.4. The number of nitrogens with one attached hydrogen (secondary N) is 1. The van der Waals surface area contributed by atoms with Gasteiger partial charge in [0, 0.05) is 32.8 Å². The van der Waals surface area contributed by atoms with Gasteiger partial charge in [0.05, 0.1) is 11.3 Å². The summed E-state index contributed by atoms with van der Waals surface area (Å²) in [5.74, 6) is 0.260. The van der Waals surface area contributed by atoms with Crippen molar-refractivity contribution < 1.29 is 9.59 Å². The van der Waals surface area contributed by atoms with Crippen LogP contribution in [-0.4, -0.2) is 46.8 Å². The Bertz CT molecular complexity index is 518. The molecule has 1 saturated heterocycles. The van der Waals surface area contributed by atoms with Crippen molar-refractivity contribution in [3.05, 3.63) is 23.8 Å². The number of rotatable bonds is 5. The number of likely N-dealkylation sites (tertiary alicyclic amines) is 1. The van der Waals surface area contributed by atoms with Crippen LogP contribution in [0.2, 0.25) is 0 Å². The van der Waals surface area contributed by atoms with E-state index in [1.165, 1.54) is 6.33 Å². The third-order valence-corrected chi connectivity index (χ3v) is 3.84. The van der Waals surface area contributed by atoms with Gasteiger partial charge in [-0.1, -0.05) is 13.3 Å². The molecule has 1 aliphatic rings. The van der Waals surface area contributed by atoms with E-state index in [1.807, 2.05) is 4.90 Å². The molecule has 6 nitrogen and oxygen atoms in total. The van der Waals surface area contributed by atoms with E-state index in [-0.39, 0.29) is 17.7 Å². The highest BCUT2D eigenvalue weighted by atomic mass is 16.2. The molecule has 0 radical (unpaired) electrons. The van der Waals surface area contributed by atoms with Crippen molar-refractivity contribution in [2.45, 2.75) is 32.6 Å². The Hall–Kier alpha value is -1.98. The minimum absolute atomic E-state index is 0.0153. The lowest BCUT2D eigenvalue weighted by Gasteiger charge is -2.17. The first-order valence-electron chi connectivity index (χ1n) is 7.44. The fraction of sp³-hybridized carbons (Fsp3) is 0.600. The van der Waals surface area contributed by atoms with E-state index in [4.69, 9.17) is 0 Å². The minimum Gasteiger partial charge on any atom is -0.359 e. The molecule has 1 N–H and O–H groups in total. The van der Waals surface area contributed by atoms with E-state index in [0.717, 1.165) is 25.0 Å². The third kappa shape index (κ3) is 3.77. The molecule has 0 spiro atoms. The predicted octanol–water partition coefficient (Wildman–Crippen LogP) is 1.03. The fourth-order valence-corrected chi connectivity index (χ4v) is 2.69. The fourth-order valence-electron chi connectivity index (χ4n) is 2.69. The summed E-state index contributed by atoms with van der Waals surface area (Å²) >= 11 is 0. The van der Waals surface area contributed by atoms with Crippen LogP contribution >= 0.6 is 0 Å². The number of aromatic nitrogens is 2. The summed E-state index contributed by atoms with van der Waals surface area (Å²) in [6.07, 6.45) is 6.16. The Balaban J connectivity index is 2.03. The number of hydrogen-bond acceptors (Lipinski definition) is 4. The van der Waals surface area contributed by atoms with Crippen molar-refractivity contribution >= 4 is 11.8 Å². The van der Waals surface area contributed by atoms with Gasteiger partial charge in [-0.15, -0.1) is 0 Å². The average molecular weight is 290 g/mol. The number of carbonyl (C=O) groups is 2. The number of carbonyl (C=O) groups excluding carboxylic acids is 2. The summed E-state index contributed by atoms with van der Waals surface area (Å²) in [5.41, 5.74) is 1.41. The van der Waals surface area contributed by atoms with Crippen LogP contribution in [0, 0.1) is 5.92 Å². The monoisotopic (exact) mass is 290 g/mol. The van der Waals surface area contributed by atoms with Gasteiger partial charge in [-0.25, -0.2) is 9.97 Å². The molecule has 0 aromatic carbocycles. The number of nitrogens with zero attached hydrogens (tertiary/aromatic N) is 3. The Morgan fingerprint density at radius 3 is 3.00 bits per heavy atom. The predicted molar refractivity (Wildman–Crippen MR) is 78.7 cm³/mol. The second-order valence-corrected chi connectivity index (χ2v) is 5.42. The molecular formula is C15H22N4O2. The van der Waals surface area contributed by atoms with Crippen LogP contribution in [0.3, 0.4) is 0 Å². The maximum atomic E-state index is 12.6. The van der Waals surface area contributed by atoms with Crippen molar-refractivity contribution in [1.82, 2.24) is 20.2 Å². The highest BCUT2D eigenvalue weighted by Gasteiger charge is 2.29. The molecule has 1 atom stereocenters. The smallest absolute Gasteiger partial charge is 0.257 e. The molecule has 114 valence electrons. The van der Waals surface area contributed by atoms with E-state index in [0.29, 0.717) is 25.1 Å². The molecule has 2 heterocycles. The van der Waals surface area contributed by atoms with Gasteiger partial charge in [-0.3, -0.25) is 9.59 Å². The molecule has 2 amide bonds. The molecule has 1 fully saturated rings. The molecule has 1 aromatic rings. The van der Waals surface area contributed by atoms with Crippen LogP contribution in [0.1, 0.15) is 42.2 Å². The van der Waals surface area contributed by atoms with Gasteiger partial charge in [0.2, 0.25) is 5.91 Å². The first-order valence-corrected chi connectivity index (χ1v) is 7.44. The maximum absolute atomic E-state index is 12.6. The quantitative estimate of drug-likeness (QED) is 0.878. The summed E-state index contributed by atoms with van der Waals surface area (Å²) in [4.78, 5) is 34.0. The Morgan fingerprint density at radius 2 is 2.29 bits per heavy atom. The number of hydrogen-bond donors (Lipinski definition) is 1. The molecule has 2 rings (SSSR count). The summed E-state index contributed by atoms with van der Waals surface area (Å²) < 4.78 is 0. The number of amides is 2. The molecule has 1 aliphatic heterocycles. The lowest BCUT2D eigenvalue weighted by atomic mass is 10.0. The van der Waals surface area contributed by atoms with Gasteiger partial charge in [-0.2, -0.15) is 0 Å². The highest BCUT2D eigenvalue weighted by molar-refractivity contribution is 5.95. The van der Waals surface area contributed by atoms with Crippen LogP contribution in [0.15, 0.2) is 12.5 Å². The van der Waals surface area contributed by atoms with Crippen LogP contribution in [0.4, 0.5) is 0 Å². The molecule has 0 unspecified atom stereocenters. The van der Waals surface area contributed by atoms with Crippen LogP contribution < -0.4 is 5.32 Å². The van der Waals surface area contributed by atoms with Gasteiger partial charge in [0.25, 0.3) is 5.91 Å². The molecular weight excluding hydrogens is 268 g/mol. The van der Waals surface area contributed by atoms with Gasteiger partial charge >= 0.3 is 0 Å². The Morgan fingerprint density at radius 1 is 1.48 bits per heavy atom. The summed E-state index contributed by atoms with van der Waals surface area (Å²) in [5, 5.41) is 2.63. The topological polar surface area (TPSA) is 75.2 Å². The highest BCUT2D eigenvalue weighted by Crippen LogP contribution is 2.22. The molecule has 0 saturated carbocycles. The zero-order valence-corrected chi connectivity index (χ0v) is 12.6. The van der Waals surface area contributed by atoms with Gasteiger partial charge in [-0.05, 0) is 18.8 Å². The SMILES string of the molecule is CCCc1ncncc1C(=O)N1CC[C@H](CC(=O)NC)C1. The molecule has 1 aromatic heterocycles. The maximum Gasteiger partial charge on any atom is 0.257 e. The van der Waals surface area contributed by atoms with E-state index in [1.54, 1.807) is 13.2 Å². The van der Waals surface area contributed by atoms with Crippen LogP contribution in [0.5, 0.6) is 0 Å². The molecule has 0 aliphatic carbocycles. The van der Waals surface area contributed by atoms with Gasteiger partial charge in [0.1, 0.15) is 6.33 Å². The lowest BCUT2D eigenvalue weighted by molar-refractivity contribution is -0.121. The van der Waals surface area contributed by atoms with Crippen molar-refractivity contribution in [2.75, 3.05) is 20.1 Å². The Labute approximate surface area is 125 Å².